The number of unbranched alkanes of at least 4 members (excludes halogenated alkanes) is 46. The Bertz CT molecular complexity index is 1270. The van der Waals surface area contributed by atoms with Crippen LogP contribution in [0.5, 0.6) is 0 Å². The molecule has 0 fully saturated rings. The summed E-state index contributed by atoms with van der Waals surface area (Å²) in [5, 5.41) is 23.1. The lowest BCUT2D eigenvalue weighted by molar-refractivity contribution is -0.143. The first-order chi connectivity index (χ1) is 37.5. The number of allylic oxidation sites excluding steroid dienone is 7. The molecule has 0 saturated carbocycles. The third-order valence-corrected chi connectivity index (χ3v) is 15.5. The molecule has 6 nitrogen and oxygen atoms in total. The van der Waals surface area contributed by atoms with Gasteiger partial charge in [0.25, 0.3) is 0 Å². The molecular weight excluding hydrogens is 935 g/mol. The van der Waals surface area contributed by atoms with Gasteiger partial charge in [-0.25, -0.2) is 0 Å². The minimum atomic E-state index is -0.842. The molecular formula is C70H131NO5. The minimum Gasteiger partial charge on any atom is -0.466 e. The maximum atomic E-state index is 12.5. The third-order valence-electron chi connectivity index (χ3n) is 15.5. The van der Waals surface area contributed by atoms with Gasteiger partial charge in [0.15, 0.2) is 0 Å². The molecule has 0 bridgehead atoms. The van der Waals surface area contributed by atoms with Gasteiger partial charge < -0.3 is 20.3 Å². The Kier molecular flexibility index (Phi) is 63.5. The van der Waals surface area contributed by atoms with Crippen LogP contribution >= 0.6 is 0 Å². The van der Waals surface area contributed by atoms with E-state index in [1.54, 1.807) is 6.08 Å². The summed E-state index contributed by atoms with van der Waals surface area (Å²) in [7, 11) is 0. The van der Waals surface area contributed by atoms with Crippen LogP contribution in [0.4, 0.5) is 0 Å². The van der Waals surface area contributed by atoms with Crippen LogP contribution in [-0.2, 0) is 14.3 Å². The number of hydrogen-bond acceptors (Lipinski definition) is 5. The van der Waals surface area contributed by atoms with E-state index in [4.69, 9.17) is 4.74 Å². The number of hydrogen-bond donors (Lipinski definition) is 3. The maximum Gasteiger partial charge on any atom is 0.305 e. The number of ether oxygens (including phenoxy) is 1. The lowest BCUT2D eigenvalue weighted by Gasteiger charge is -2.20. The summed E-state index contributed by atoms with van der Waals surface area (Å²) < 4.78 is 5.47. The lowest BCUT2D eigenvalue weighted by Crippen LogP contribution is -2.45. The van der Waals surface area contributed by atoms with Gasteiger partial charge in [0.1, 0.15) is 0 Å². The smallest absolute Gasteiger partial charge is 0.305 e. The molecule has 76 heavy (non-hydrogen) atoms. The fourth-order valence-electron chi connectivity index (χ4n) is 10.4. The highest BCUT2D eigenvalue weighted by molar-refractivity contribution is 5.76. The molecule has 0 spiro atoms. The predicted octanol–water partition coefficient (Wildman–Crippen LogP) is 21.7. The van der Waals surface area contributed by atoms with Gasteiger partial charge in [-0.2, -0.15) is 0 Å². The first-order valence-corrected chi connectivity index (χ1v) is 33.9. The molecule has 0 aliphatic carbocycles. The number of esters is 1. The Labute approximate surface area is 474 Å². The number of carbonyl (C=O) groups is 2. The van der Waals surface area contributed by atoms with Crippen molar-refractivity contribution in [3.05, 3.63) is 48.6 Å². The predicted molar refractivity (Wildman–Crippen MR) is 333 cm³/mol. The number of aliphatic hydroxyl groups excluding tert-OH is 2. The highest BCUT2D eigenvalue weighted by Crippen LogP contribution is 2.18. The normalized spacial score (nSPS) is 12.8. The number of nitrogens with one attached hydrogen (secondary N) is 1. The molecule has 0 radical (unpaired) electrons. The van der Waals surface area contributed by atoms with Crippen molar-refractivity contribution in [3.8, 4) is 0 Å². The molecule has 0 aromatic rings. The summed E-state index contributed by atoms with van der Waals surface area (Å²) in [6, 6.07) is -0.625. The van der Waals surface area contributed by atoms with E-state index in [0.717, 1.165) is 51.4 Å². The number of amides is 1. The monoisotopic (exact) mass is 1070 g/mol. The first-order valence-electron chi connectivity index (χ1n) is 33.9. The summed E-state index contributed by atoms with van der Waals surface area (Å²) in [5.41, 5.74) is 0. The van der Waals surface area contributed by atoms with Gasteiger partial charge in [-0.15, -0.1) is 0 Å². The topological polar surface area (TPSA) is 95.9 Å². The van der Waals surface area contributed by atoms with E-state index in [9.17, 15) is 19.8 Å². The number of carbonyl (C=O) groups excluding carboxylic acids is 2. The van der Waals surface area contributed by atoms with Crippen molar-refractivity contribution in [1.82, 2.24) is 5.32 Å². The van der Waals surface area contributed by atoms with Crippen molar-refractivity contribution in [2.24, 2.45) is 0 Å². The Morgan fingerprint density at radius 3 is 1.07 bits per heavy atom. The van der Waals surface area contributed by atoms with Gasteiger partial charge in [0.2, 0.25) is 5.91 Å². The Morgan fingerprint density at radius 1 is 0.368 bits per heavy atom. The second kappa shape index (κ2) is 65.3. The number of rotatable bonds is 63. The minimum absolute atomic E-state index is 0.00283. The summed E-state index contributed by atoms with van der Waals surface area (Å²) in [5.74, 6) is -0.0614. The van der Waals surface area contributed by atoms with E-state index in [1.165, 1.54) is 283 Å². The molecule has 0 aromatic heterocycles. The van der Waals surface area contributed by atoms with E-state index < -0.39 is 12.1 Å². The molecule has 0 aliphatic heterocycles. The van der Waals surface area contributed by atoms with Gasteiger partial charge in [0.05, 0.1) is 25.4 Å². The molecule has 0 rings (SSSR count). The summed E-state index contributed by atoms with van der Waals surface area (Å²) in [6.07, 6.45) is 84.8. The zero-order valence-electron chi connectivity index (χ0n) is 51.0. The third kappa shape index (κ3) is 61.0. The van der Waals surface area contributed by atoms with E-state index >= 15 is 0 Å². The second-order valence-electron chi connectivity index (χ2n) is 23.1. The van der Waals surface area contributed by atoms with Crippen LogP contribution in [0.15, 0.2) is 48.6 Å². The van der Waals surface area contributed by atoms with Crippen LogP contribution in [0, 0.1) is 0 Å². The van der Waals surface area contributed by atoms with Gasteiger partial charge in [0, 0.05) is 12.8 Å². The van der Waals surface area contributed by atoms with Gasteiger partial charge in [-0.05, 0) is 83.5 Å². The van der Waals surface area contributed by atoms with E-state index in [0.29, 0.717) is 19.4 Å². The molecule has 6 heteroatoms. The van der Waals surface area contributed by atoms with Crippen LogP contribution in [-0.4, -0.2) is 47.4 Å². The van der Waals surface area contributed by atoms with Crippen molar-refractivity contribution < 1.29 is 24.5 Å². The van der Waals surface area contributed by atoms with Crippen molar-refractivity contribution >= 4 is 11.9 Å². The molecule has 1 amide bonds. The van der Waals surface area contributed by atoms with Gasteiger partial charge >= 0.3 is 5.97 Å². The SMILES string of the molecule is CCC/C=C\C/C=C\CCCCCCCC(=O)OCCCCCCCCCCCCCC/C=C\CCCCCCCCCCCCCCCCCCCC(=O)NC(CO)C(O)/C=C/CCCCCCCCCCCCC. The van der Waals surface area contributed by atoms with E-state index in [1.807, 2.05) is 6.08 Å². The average Bonchev–Trinajstić information content (AvgIpc) is 3.42. The van der Waals surface area contributed by atoms with Crippen LogP contribution in [0.1, 0.15) is 361 Å². The number of aliphatic hydroxyl groups is 2. The van der Waals surface area contributed by atoms with Gasteiger partial charge in [-0.1, -0.05) is 313 Å². The van der Waals surface area contributed by atoms with Crippen LogP contribution in [0.3, 0.4) is 0 Å². The fourth-order valence-corrected chi connectivity index (χ4v) is 10.4. The fraction of sp³-hybridized carbons (Fsp3) is 0.857. The van der Waals surface area contributed by atoms with Crippen molar-refractivity contribution in [1.29, 1.82) is 0 Å². The largest absolute Gasteiger partial charge is 0.466 e. The molecule has 0 aromatic carbocycles. The Morgan fingerprint density at radius 2 is 0.684 bits per heavy atom. The average molecular weight is 1070 g/mol. The summed E-state index contributed by atoms with van der Waals surface area (Å²) >= 11 is 0. The summed E-state index contributed by atoms with van der Waals surface area (Å²) in [4.78, 5) is 24.5. The molecule has 446 valence electrons. The van der Waals surface area contributed by atoms with Crippen molar-refractivity contribution in [2.45, 2.75) is 373 Å². The quantitative estimate of drug-likeness (QED) is 0.0320. The van der Waals surface area contributed by atoms with E-state index in [-0.39, 0.29) is 18.5 Å². The molecule has 0 aliphatic rings. The van der Waals surface area contributed by atoms with Crippen molar-refractivity contribution in [3.63, 3.8) is 0 Å². The molecule has 2 atom stereocenters. The molecule has 3 N–H and O–H groups in total. The maximum absolute atomic E-state index is 12.5. The van der Waals surface area contributed by atoms with Crippen molar-refractivity contribution in [2.75, 3.05) is 13.2 Å². The summed E-state index contributed by atoms with van der Waals surface area (Å²) in [6.45, 7) is 4.85. The van der Waals surface area contributed by atoms with E-state index in [2.05, 4.69) is 55.6 Å². The lowest BCUT2D eigenvalue weighted by atomic mass is 10.0. The zero-order chi connectivity index (χ0) is 55.0. The molecule has 0 saturated heterocycles. The molecule has 0 heterocycles. The Balaban J connectivity index is 3.36. The second-order valence-corrected chi connectivity index (χ2v) is 23.1. The Hall–Kier alpha value is -2.18. The molecule has 2 unspecified atom stereocenters. The standard InChI is InChI=1S/C70H131NO5/c1-3-5-7-9-11-13-15-38-42-46-50-54-58-62-68(73)67(66-72)71-69(74)63-59-55-51-47-43-40-36-34-32-30-28-26-24-22-20-18-17-19-21-23-25-27-29-31-33-35-37-41-45-49-53-57-61-65-76-70(75)64-60-56-52-48-44-39-16-14-12-10-8-6-4-2/h8,10,14,16,21,23,58,62,67-68,72-73H,3-7,9,11-13,15,17-20,22,24-57,59-61,63-66H2,1-2H3,(H,71,74)/b10-8-,16-14-,23-21-,62-58+. The van der Waals surface area contributed by atoms with Crippen LogP contribution in [0.25, 0.3) is 0 Å². The zero-order valence-corrected chi connectivity index (χ0v) is 51.0. The highest BCUT2D eigenvalue weighted by Gasteiger charge is 2.18. The first kappa shape index (κ1) is 73.8. The van der Waals surface area contributed by atoms with Crippen LogP contribution < -0.4 is 5.32 Å². The highest BCUT2D eigenvalue weighted by atomic mass is 16.5. The van der Waals surface area contributed by atoms with Crippen LogP contribution in [0.2, 0.25) is 0 Å². The van der Waals surface area contributed by atoms with Gasteiger partial charge in [-0.3, -0.25) is 9.59 Å².